The summed E-state index contributed by atoms with van der Waals surface area (Å²) in [5, 5.41) is 14.9. The van der Waals surface area contributed by atoms with Gasteiger partial charge in [0.15, 0.2) is 12.0 Å². The summed E-state index contributed by atoms with van der Waals surface area (Å²) in [5.41, 5.74) is 6.98. The van der Waals surface area contributed by atoms with E-state index in [-0.39, 0.29) is 34.1 Å². The smallest absolute Gasteiger partial charge is 0.154 e. The lowest BCUT2D eigenvalue weighted by atomic mass is 9.94. The molecule has 1 aromatic heterocycles. The van der Waals surface area contributed by atoms with Crippen LogP contribution in [-0.2, 0) is 6.42 Å². The summed E-state index contributed by atoms with van der Waals surface area (Å²) >= 11 is 12.5. The van der Waals surface area contributed by atoms with Gasteiger partial charge in [0.05, 0.1) is 32.5 Å². The van der Waals surface area contributed by atoms with Gasteiger partial charge in [-0.25, -0.2) is 0 Å². The molecule has 0 unspecified atom stereocenters. The topological polar surface area (TPSA) is 65.5 Å². The van der Waals surface area contributed by atoms with E-state index in [1.54, 1.807) is 12.1 Å². The quantitative estimate of drug-likeness (QED) is 0.195. The molecule has 5 nitrogen and oxygen atoms in total. The van der Waals surface area contributed by atoms with Crippen LogP contribution in [-0.4, -0.2) is 40.9 Å². The third-order valence-electron chi connectivity index (χ3n) is 8.37. The zero-order valence-corrected chi connectivity index (χ0v) is 25.2. The van der Waals surface area contributed by atoms with Crippen LogP contribution in [0.3, 0.4) is 0 Å². The van der Waals surface area contributed by atoms with E-state index in [0.717, 1.165) is 84.0 Å². The Bertz CT molecular complexity index is 1540. The maximum atomic E-state index is 12.7. The van der Waals surface area contributed by atoms with Crippen LogP contribution < -0.4 is 5.32 Å². The first kappa shape index (κ1) is 29.7. The second kappa shape index (κ2) is 13.0. The highest BCUT2D eigenvalue weighted by atomic mass is 35.5. The predicted molar refractivity (Wildman–Crippen MR) is 172 cm³/mol. The van der Waals surface area contributed by atoms with Crippen LogP contribution in [0.15, 0.2) is 54.6 Å². The summed E-state index contributed by atoms with van der Waals surface area (Å²) in [6.07, 6.45) is 8.95. The number of hydrogen-bond acceptors (Lipinski definition) is 5. The summed E-state index contributed by atoms with van der Waals surface area (Å²) in [5.74, 6) is 0.150. The number of phenolic OH excluding ortho intramolecular Hbond substituents is 1. The van der Waals surface area contributed by atoms with E-state index in [4.69, 9.17) is 28.2 Å². The first-order chi connectivity index (χ1) is 19.5. The molecule has 2 N–H and O–H groups in total. The molecule has 1 saturated heterocycles. The Kier molecular flexibility index (Phi) is 9.40. The highest BCUT2D eigenvalue weighted by molar-refractivity contribution is 6.37. The molecule has 0 amide bonds. The van der Waals surface area contributed by atoms with Crippen molar-refractivity contribution in [2.45, 2.75) is 50.9 Å². The fourth-order valence-electron chi connectivity index (χ4n) is 6.22. The van der Waals surface area contributed by atoms with Crippen molar-refractivity contribution in [2.75, 3.05) is 25.0 Å². The number of phenols is 1. The van der Waals surface area contributed by atoms with Crippen LogP contribution in [0.4, 0.5) is 11.4 Å². The average molecular weight is 611 g/mol. The number of pyridine rings is 1. The molecule has 2 fully saturated rings. The number of fused-ring (bicyclic) bond motifs is 1. The standard InChI is InChI=1S/C33H33Cl2N3O2.ClH/c34-28-18-24(19-29(35)33(28)40)23-10-11-30-26(17-23)32(27(20-39)31(37-30)22-7-1-2-8-22)36-25-9-5-6-21(16-25)12-15-38-13-3-4-14-38;/h5-6,9-11,16-20,22,40H,1-4,7-8,12-15H2,(H,36,37);1H. The van der Waals surface area contributed by atoms with Gasteiger partial charge in [-0.2, -0.15) is 0 Å². The number of anilines is 2. The second-order valence-corrected chi connectivity index (χ2v) is 11.8. The summed E-state index contributed by atoms with van der Waals surface area (Å²) in [4.78, 5) is 20.3. The Hall–Kier alpha value is -2.83. The molecule has 4 aromatic rings. The number of halogens is 3. The van der Waals surface area contributed by atoms with Gasteiger partial charge in [-0.3, -0.25) is 9.78 Å². The number of likely N-dealkylation sites (tertiary alicyclic amines) is 1. The Labute approximate surface area is 257 Å². The van der Waals surface area contributed by atoms with Crippen molar-refractivity contribution in [3.8, 4) is 16.9 Å². The molecule has 2 heterocycles. The number of aromatic hydroxyl groups is 1. The number of aldehydes is 1. The van der Waals surface area contributed by atoms with Gasteiger partial charge in [0.25, 0.3) is 0 Å². The van der Waals surface area contributed by atoms with Gasteiger partial charge in [0.1, 0.15) is 0 Å². The minimum atomic E-state index is -0.133. The first-order valence-corrected chi connectivity index (χ1v) is 15.0. The minimum absolute atomic E-state index is 0. The van der Waals surface area contributed by atoms with Crippen LogP contribution in [0.5, 0.6) is 5.75 Å². The molecule has 0 bridgehead atoms. The van der Waals surface area contributed by atoms with E-state index in [1.807, 2.05) is 18.2 Å². The molecule has 214 valence electrons. The molecule has 41 heavy (non-hydrogen) atoms. The van der Waals surface area contributed by atoms with Crippen LogP contribution in [0.25, 0.3) is 22.0 Å². The molecule has 0 spiro atoms. The number of nitrogens with one attached hydrogen (secondary N) is 1. The van der Waals surface area contributed by atoms with Crippen molar-refractivity contribution >= 4 is 64.2 Å². The lowest BCUT2D eigenvalue weighted by Gasteiger charge is -2.20. The Morgan fingerprint density at radius 1 is 0.951 bits per heavy atom. The zero-order valence-electron chi connectivity index (χ0n) is 22.8. The molecule has 6 rings (SSSR count). The van der Waals surface area contributed by atoms with Crippen molar-refractivity contribution in [3.63, 3.8) is 0 Å². The molecule has 1 aliphatic carbocycles. The van der Waals surface area contributed by atoms with E-state index in [1.165, 1.54) is 31.5 Å². The van der Waals surface area contributed by atoms with Crippen LogP contribution in [0.2, 0.25) is 10.0 Å². The van der Waals surface area contributed by atoms with Crippen molar-refractivity contribution in [3.05, 3.63) is 81.5 Å². The number of rotatable bonds is 8. The Morgan fingerprint density at radius 3 is 2.39 bits per heavy atom. The van der Waals surface area contributed by atoms with Gasteiger partial charge in [-0.05, 0) is 98.3 Å². The van der Waals surface area contributed by atoms with Crippen molar-refractivity contribution in [1.29, 1.82) is 0 Å². The summed E-state index contributed by atoms with van der Waals surface area (Å²) in [7, 11) is 0. The van der Waals surface area contributed by atoms with Gasteiger partial charge < -0.3 is 15.3 Å². The van der Waals surface area contributed by atoms with Crippen LogP contribution in [0, 0.1) is 0 Å². The molecular weight excluding hydrogens is 577 g/mol. The minimum Gasteiger partial charge on any atom is -0.505 e. The van der Waals surface area contributed by atoms with Crippen LogP contribution >= 0.6 is 35.6 Å². The predicted octanol–water partition coefficient (Wildman–Crippen LogP) is 9.19. The monoisotopic (exact) mass is 609 g/mol. The second-order valence-electron chi connectivity index (χ2n) is 11.0. The number of carbonyl (C=O) groups is 1. The van der Waals surface area contributed by atoms with E-state index in [0.29, 0.717) is 5.56 Å². The molecule has 2 aliphatic rings. The van der Waals surface area contributed by atoms with E-state index >= 15 is 0 Å². The summed E-state index contributed by atoms with van der Waals surface area (Å²) < 4.78 is 0. The third-order valence-corrected chi connectivity index (χ3v) is 8.95. The molecule has 8 heteroatoms. The SMILES string of the molecule is Cl.O=Cc1c(C2CCCC2)nc2ccc(-c3cc(Cl)c(O)c(Cl)c3)cc2c1Nc1cccc(CCN2CCCC2)c1. The van der Waals surface area contributed by atoms with Gasteiger partial charge in [-0.1, -0.05) is 54.2 Å². The number of hydrogen-bond donors (Lipinski definition) is 2. The lowest BCUT2D eigenvalue weighted by Crippen LogP contribution is -2.21. The fraction of sp³-hybridized carbons (Fsp3) is 0.333. The van der Waals surface area contributed by atoms with E-state index in [9.17, 15) is 9.90 Å². The number of aromatic nitrogens is 1. The van der Waals surface area contributed by atoms with Crippen molar-refractivity contribution < 1.29 is 9.90 Å². The third kappa shape index (κ3) is 6.34. The molecular formula is C33H34Cl3N3O2. The van der Waals surface area contributed by atoms with Gasteiger partial charge in [0.2, 0.25) is 0 Å². The summed E-state index contributed by atoms with van der Waals surface area (Å²) in [6.45, 7) is 3.44. The largest absolute Gasteiger partial charge is 0.505 e. The van der Waals surface area contributed by atoms with Crippen molar-refractivity contribution in [2.24, 2.45) is 0 Å². The fourth-order valence-corrected chi connectivity index (χ4v) is 6.70. The maximum Gasteiger partial charge on any atom is 0.154 e. The maximum absolute atomic E-state index is 12.7. The molecule has 1 saturated carbocycles. The highest BCUT2D eigenvalue weighted by Crippen LogP contribution is 2.42. The molecule has 3 aromatic carbocycles. The average Bonchev–Trinajstić information content (AvgIpc) is 3.69. The van der Waals surface area contributed by atoms with Crippen LogP contribution in [0.1, 0.15) is 66.1 Å². The number of carbonyl (C=O) groups excluding carboxylic acids is 1. The number of benzene rings is 3. The van der Waals surface area contributed by atoms with Crippen molar-refractivity contribution in [1.82, 2.24) is 9.88 Å². The van der Waals surface area contributed by atoms with Gasteiger partial charge in [-0.15, -0.1) is 12.4 Å². The highest BCUT2D eigenvalue weighted by Gasteiger charge is 2.25. The normalized spacial score (nSPS) is 15.8. The van der Waals surface area contributed by atoms with E-state index < -0.39 is 0 Å². The van der Waals surface area contributed by atoms with Gasteiger partial charge >= 0.3 is 0 Å². The number of nitrogens with zero attached hydrogens (tertiary/aromatic N) is 2. The summed E-state index contributed by atoms with van der Waals surface area (Å²) in [6, 6.07) is 17.9. The Morgan fingerprint density at radius 2 is 1.68 bits per heavy atom. The first-order valence-electron chi connectivity index (χ1n) is 14.2. The molecule has 0 atom stereocenters. The van der Waals surface area contributed by atoms with E-state index in [2.05, 4.69) is 34.5 Å². The molecule has 1 aliphatic heterocycles. The molecule has 0 radical (unpaired) electrons. The Balaban J connectivity index is 0.00000337. The lowest BCUT2D eigenvalue weighted by molar-refractivity contribution is 0.112. The van der Waals surface area contributed by atoms with Gasteiger partial charge in [0, 0.05) is 23.5 Å². The zero-order chi connectivity index (χ0) is 27.6.